The number of carbonyl (C=O) groups is 3. The van der Waals surface area contributed by atoms with Crippen molar-refractivity contribution < 1.29 is 19.5 Å². The van der Waals surface area contributed by atoms with E-state index in [1.807, 2.05) is 13.8 Å². The number of rotatable bonds is 4. The number of hydrogen-bond acceptors (Lipinski definition) is 5. The van der Waals surface area contributed by atoms with Crippen molar-refractivity contribution in [1.29, 1.82) is 0 Å². The van der Waals surface area contributed by atoms with Gasteiger partial charge in [0.2, 0.25) is 11.8 Å². The first kappa shape index (κ1) is 16.9. The third kappa shape index (κ3) is 2.57. The third-order valence-electron chi connectivity index (χ3n) is 6.04. The summed E-state index contributed by atoms with van der Waals surface area (Å²) in [5.74, 6) is -0.702. The molecular weight excluding hydrogens is 342 g/mol. The molecule has 4 rings (SSSR count). The van der Waals surface area contributed by atoms with Crippen molar-refractivity contribution in [3.05, 3.63) is 10.6 Å². The van der Waals surface area contributed by atoms with Crippen LogP contribution in [-0.4, -0.2) is 58.2 Å². The van der Waals surface area contributed by atoms with Crippen LogP contribution in [0.4, 0.5) is 0 Å². The molecule has 4 aliphatic rings. The van der Waals surface area contributed by atoms with Crippen LogP contribution in [-0.2, 0) is 14.4 Å². The molecule has 136 valence electrons. The van der Waals surface area contributed by atoms with E-state index in [1.165, 1.54) is 4.90 Å². The molecule has 0 aromatic heterocycles. The first-order valence-corrected chi connectivity index (χ1v) is 9.73. The minimum atomic E-state index is -1.01. The van der Waals surface area contributed by atoms with Gasteiger partial charge in [0.25, 0.3) is 0 Å². The van der Waals surface area contributed by atoms with Gasteiger partial charge in [0.05, 0.1) is 12.0 Å². The molecule has 0 aromatic carbocycles. The lowest BCUT2D eigenvalue weighted by atomic mass is 9.84. The van der Waals surface area contributed by atoms with E-state index in [-0.39, 0.29) is 40.6 Å². The second-order valence-electron chi connectivity index (χ2n) is 7.55. The highest BCUT2D eigenvalue weighted by Gasteiger charge is 2.57. The third-order valence-corrected chi connectivity index (χ3v) is 7.55. The van der Waals surface area contributed by atoms with E-state index >= 15 is 0 Å². The van der Waals surface area contributed by atoms with Gasteiger partial charge in [0.1, 0.15) is 5.70 Å². The number of carboxylic acid groups (broad SMARTS) is 1. The summed E-state index contributed by atoms with van der Waals surface area (Å²) >= 11 is 1.61. The Morgan fingerprint density at radius 3 is 2.64 bits per heavy atom. The average molecular weight is 365 g/mol. The molecule has 25 heavy (non-hydrogen) atoms. The lowest BCUT2D eigenvalue weighted by Crippen LogP contribution is -2.59. The monoisotopic (exact) mass is 365 g/mol. The fourth-order valence-corrected chi connectivity index (χ4v) is 6.20. The summed E-state index contributed by atoms with van der Waals surface area (Å²) in [5.41, 5.74) is 0.187. The van der Waals surface area contributed by atoms with Crippen LogP contribution in [0, 0.1) is 17.8 Å². The first-order valence-electron chi connectivity index (χ1n) is 8.85. The van der Waals surface area contributed by atoms with Gasteiger partial charge in [0, 0.05) is 47.5 Å². The zero-order chi connectivity index (χ0) is 17.9. The van der Waals surface area contributed by atoms with Crippen LogP contribution >= 0.6 is 11.8 Å². The zero-order valence-electron chi connectivity index (χ0n) is 14.3. The Morgan fingerprint density at radius 1 is 1.24 bits per heavy atom. The van der Waals surface area contributed by atoms with Gasteiger partial charge >= 0.3 is 5.97 Å². The molecule has 7 nitrogen and oxygen atoms in total. The Kier molecular flexibility index (Phi) is 4.07. The van der Waals surface area contributed by atoms with E-state index in [0.717, 1.165) is 24.4 Å². The van der Waals surface area contributed by atoms with Crippen LogP contribution in [0.25, 0.3) is 0 Å². The summed E-state index contributed by atoms with van der Waals surface area (Å²) in [4.78, 5) is 37.6. The normalized spacial score (nSPS) is 40.3. The van der Waals surface area contributed by atoms with Gasteiger partial charge in [-0.25, -0.2) is 4.79 Å². The van der Waals surface area contributed by atoms with E-state index < -0.39 is 5.97 Å². The van der Waals surface area contributed by atoms with Gasteiger partial charge in [-0.3, -0.25) is 9.59 Å². The van der Waals surface area contributed by atoms with Gasteiger partial charge in [-0.15, -0.1) is 11.8 Å². The summed E-state index contributed by atoms with van der Waals surface area (Å²) in [7, 11) is 0. The van der Waals surface area contributed by atoms with Crippen LogP contribution in [0.15, 0.2) is 10.6 Å². The highest BCUT2D eigenvalue weighted by atomic mass is 32.2. The summed E-state index contributed by atoms with van der Waals surface area (Å²) in [5, 5.41) is 16.3. The topological polar surface area (TPSA) is 98.7 Å². The summed E-state index contributed by atoms with van der Waals surface area (Å²) in [6.45, 7) is 5.43. The molecule has 4 aliphatic heterocycles. The van der Waals surface area contributed by atoms with Crippen molar-refractivity contribution in [1.82, 2.24) is 15.5 Å². The number of fused-ring (bicyclic) bond motifs is 1. The van der Waals surface area contributed by atoms with Gasteiger partial charge in [-0.2, -0.15) is 0 Å². The smallest absolute Gasteiger partial charge is 0.353 e. The number of aliphatic carboxylic acids is 1. The second kappa shape index (κ2) is 6.02. The van der Waals surface area contributed by atoms with Gasteiger partial charge in [-0.05, 0) is 6.42 Å². The molecule has 3 N–H and O–H groups in total. The van der Waals surface area contributed by atoms with Crippen LogP contribution in [0.1, 0.15) is 26.7 Å². The molecule has 0 spiro atoms. The summed E-state index contributed by atoms with van der Waals surface area (Å²) < 4.78 is 0. The molecule has 6 unspecified atom stereocenters. The number of nitrogens with zero attached hydrogens (tertiary/aromatic N) is 1. The minimum Gasteiger partial charge on any atom is -0.477 e. The quantitative estimate of drug-likeness (QED) is 0.623. The van der Waals surface area contributed by atoms with Crippen molar-refractivity contribution in [2.45, 2.75) is 44.0 Å². The predicted molar refractivity (Wildman–Crippen MR) is 92.5 cm³/mol. The Hall–Kier alpha value is -1.54. The van der Waals surface area contributed by atoms with E-state index in [4.69, 9.17) is 0 Å². The molecule has 0 bridgehead atoms. The summed E-state index contributed by atoms with van der Waals surface area (Å²) in [6.07, 6.45) is 1.48. The van der Waals surface area contributed by atoms with Crippen LogP contribution in [0.3, 0.4) is 0 Å². The minimum absolute atomic E-state index is 0.0112. The number of thioether (sulfide) groups is 1. The van der Waals surface area contributed by atoms with Gasteiger partial charge in [-0.1, -0.05) is 13.8 Å². The fraction of sp³-hybridized carbons (Fsp3) is 0.706. The molecular formula is C17H23N3O4S. The maximum atomic E-state index is 12.1. The van der Waals surface area contributed by atoms with Gasteiger partial charge in [0.15, 0.2) is 0 Å². The SMILES string of the molecule is CC1C(=O)N2C(C(=O)O)=C(SC3CNC(C4CNC(=O)C4)C3)C(C)C12. The van der Waals surface area contributed by atoms with E-state index in [0.29, 0.717) is 18.4 Å². The Labute approximate surface area is 150 Å². The molecule has 0 radical (unpaired) electrons. The van der Waals surface area contributed by atoms with E-state index in [1.54, 1.807) is 11.8 Å². The Bertz CT molecular complexity index is 679. The van der Waals surface area contributed by atoms with Crippen molar-refractivity contribution in [3.8, 4) is 0 Å². The van der Waals surface area contributed by atoms with Crippen molar-refractivity contribution in [2.24, 2.45) is 17.8 Å². The lowest BCUT2D eigenvalue weighted by Gasteiger charge is -2.43. The number of carboxylic acids is 1. The molecule has 0 saturated carbocycles. The molecule has 0 aromatic rings. The van der Waals surface area contributed by atoms with Crippen LogP contribution < -0.4 is 10.6 Å². The second-order valence-corrected chi connectivity index (χ2v) is 8.89. The molecule has 3 fully saturated rings. The van der Waals surface area contributed by atoms with E-state index in [9.17, 15) is 19.5 Å². The number of amides is 2. The number of hydrogen-bond donors (Lipinski definition) is 3. The lowest BCUT2D eigenvalue weighted by molar-refractivity contribution is -0.155. The predicted octanol–water partition coefficient (Wildman–Crippen LogP) is 0.379. The Morgan fingerprint density at radius 2 is 2.00 bits per heavy atom. The molecule has 4 heterocycles. The van der Waals surface area contributed by atoms with Gasteiger partial charge < -0.3 is 20.6 Å². The number of β-lactam (4-membered cyclic amide) rings is 1. The summed E-state index contributed by atoms with van der Waals surface area (Å²) in [6, 6.07) is 0.280. The molecule has 2 amide bonds. The first-order chi connectivity index (χ1) is 11.9. The van der Waals surface area contributed by atoms with Crippen molar-refractivity contribution in [2.75, 3.05) is 13.1 Å². The average Bonchev–Trinajstić information content (AvgIpc) is 3.25. The molecule has 6 atom stereocenters. The number of nitrogens with one attached hydrogen (secondary N) is 2. The van der Waals surface area contributed by atoms with Crippen LogP contribution in [0.2, 0.25) is 0 Å². The zero-order valence-corrected chi connectivity index (χ0v) is 15.1. The Balaban J connectivity index is 1.48. The maximum absolute atomic E-state index is 12.1. The number of carbonyl (C=O) groups excluding carboxylic acids is 2. The fourth-order valence-electron chi connectivity index (χ4n) is 4.70. The molecule has 8 heteroatoms. The maximum Gasteiger partial charge on any atom is 0.353 e. The standard InChI is InChI=1S/C17H23N3O4S/c1-7-13-8(2)16(22)20(13)14(17(23)24)15(7)25-10-4-11(18-6-10)9-3-12(21)19-5-9/h7-11,13,18H,3-6H2,1-2H3,(H,19,21)(H,23,24). The van der Waals surface area contributed by atoms with Crippen molar-refractivity contribution >= 4 is 29.5 Å². The molecule has 0 aliphatic carbocycles. The molecule has 3 saturated heterocycles. The van der Waals surface area contributed by atoms with Crippen molar-refractivity contribution in [3.63, 3.8) is 0 Å². The highest BCUT2D eigenvalue weighted by molar-refractivity contribution is 8.03. The highest BCUT2D eigenvalue weighted by Crippen LogP contribution is 2.51. The largest absolute Gasteiger partial charge is 0.477 e. The van der Waals surface area contributed by atoms with E-state index in [2.05, 4.69) is 10.6 Å². The van der Waals surface area contributed by atoms with Crippen LogP contribution in [0.5, 0.6) is 0 Å².